The summed E-state index contributed by atoms with van der Waals surface area (Å²) in [6.45, 7) is 4.23. The molecule has 0 bridgehead atoms. The molecule has 0 saturated carbocycles. The van der Waals surface area contributed by atoms with Gasteiger partial charge in [-0.2, -0.15) is 0 Å². The van der Waals surface area contributed by atoms with E-state index in [0.29, 0.717) is 6.42 Å². The van der Waals surface area contributed by atoms with E-state index in [1.54, 1.807) is 6.08 Å². The number of allylic oxidation sites excluding steroid dienone is 7. The van der Waals surface area contributed by atoms with E-state index in [-0.39, 0.29) is 18.9 Å². The number of carbonyl (C=O) groups is 1. The maximum Gasteiger partial charge on any atom is 0.222 e. The lowest BCUT2D eigenvalue weighted by Crippen LogP contribution is -2.45. The molecule has 3 atom stereocenters. The van der Waals surface area contributed by atoms with Gasteiger partial charge < -0.3 is 20.6 Å². The fourth-order valence-corrected chi connectivity index (χ4v) is 8.56. The number of nitrogens with one attached hydrogen (secondary N) is 1. The lowest BCUT2D eigenvalue weighted by atomic mass is 10.0. The summed E-state index contributed by atoms with van der Waals surface area (Å²) in [6, 6.07) is -0.766. The van der Waals surface area contributed by atoms with Crippen LogP contribution < -0.4 is 5.32 Å². The van der Waals surface area contributed by atoms with Crippen LogP contribution in [0.5, 0.6) is 0 Å². The molecule has 0 aromatic rings. The van der Waals surface area contributed by atoms with Gasteiger partial charge in [0, 0.05) is 0 Å². The molecule has 0 aliphatic carbocycles. The molecular weight excluding hydrogens is 775 g/mol. The van der Waals surface area contributed by atoms with Crippen LogP contribution in [0.2, 0.25) is 0 Å². The van der Waals surface area contributed by atoms with Gasteiger partial charge in [-0.15, -0.1) is 0 Å². The van der Waals surface area contributed by atoms with Gasteiger partial charge in [0.2, 0.25) is 5.91 Å². The van der Waals surface area contributed by atoms with E-state index in [4.69, 9.17) is 0 Å². The standard InChI is InChI=1S/C58H109NO4/c1-3-5-7-9-11-13-15-17-19-21-23-25-27-28-30-32-34-36-38-40-42-44-46-48-50-52-57(62)56(54-60)59-58(63)53-55(61)51-49-47-45-43-41-39-37-35-33-31-29-26-24-22-20-18-16-14-12-10-8-6-4-2/h24,26,31,33,42,44,50,52,55-57,60-62H,3-23,25,27-30,32,34-41,43,45-49,51,53-54H2,1-2H3,(H,59,63)/b26-24-,33-31-,44-42+,52-50+. The maximum atomic E-state index is 12.5. The van der Waals surface area contributed by atoms with Gasteiger partial charge in [0.15, 0.2) is 0 Å². The molecule has 0 rings (SSSR count). The van der Waals surface area contributed by atoms with E-state index >= 15 is 0 Å². The van der Waals surface area contributed by atoms with E-state index < -0.39 is 18.2 Å². The summed E-state index contributed by atoms with van der Waals surface area (Å²) in [7, 11) is 0. The minimum absolute atomic E-state index is 0.000144. The molecule has 0 fully saturated rings. The summed E-state index contributed by atoms with van der Waals surface area (Å²) in [6.07, 6.45) is 70.1. The normalized spacial score (nSPS) is 13.7. The molecule has 4 N–H and O–H groups in total. The molecule has 0 radical (unpaired) electrons. The van der Waals surface area contributed by atoms with Crippen LogP contribution in [0.1, 0.15) is 290 Å². The number of hydrogen-bond acceptors (Lipinski definition) is 4. The molecule has 1 amide bonds. The van der Waals surface area contributed by atoms with E-state index in [1.165, 1.54) is 225 Å². The highest BCUT2D eigenvalue weighted by atomic mass is 16.3. The molecular formula is C58H109NO4. The summed E-state index contributed by atoms with van der Waals surface area (Å²) in [5, 5.41) is 33.4. The number of aliphatic hydroxyl groups is 3. The third kappa shape index (κ3) is 49.6. The van der Waals surface area contributed by atoms with Crippen molar-refractivity contribution in [3.05, 3.63) is 48.6 Å². The van der Waals surface area contributed by atoms with Crippen molar-refractivity contribution >= 4 is 5.91 Å². The second-order valence-electron chi connectivity index (χ2n) is 19.2. The van der Waals surface area contributed by atoms with Gasteiger partial charge in [-0.1, -0.05) is 268 Å². The van der Waals surface area contributed by atoms with Gasteiger partial charge in [-0.3, -0.25) is 4.79 Å². The zero-order chi connectivity index (χ0) is 45.8. The highest BCUT2D eigenvalue weighted by Gasteiger charge is 2.20. The second-order valence-corrected chi connectivity index (χ2v) is 19.2. The Bertz CT molecular complexity index is 1020. The van der Waals surface area contributed by atoms with Gasteiger partial charge in [0.05, 0.1) is 31.3 Å². The zero-order valence-corrected chi connectivity index (χ0v) is 42.2. The fraction of sp³-hybridized carbons (Fsp3) is 0.845. The van der Waals surface area contributed by atoms with Crippen LogP contribution in [0, 0.1) is 0 Å². The first kappa shape index (κ1) is 61.3. The van der Waals surface area contributed by atoms with E-state index in [1.807, 2.05) is 6.08 Å². The first-order valence-electron chi connectivity index (χ1n) is 27.9. The molecule has 0 saturated heterocycles. The average Bonchev–Trinajstić information content (AvgIpc) is 3.28. The Labute approximate surface area is 393 Å². The lowest BCUT2D eigenvalue weighted by molar-refractivity contribution is -0.124. The zero-order valence-electron chi connectivity index (χ0n) is 42.2. The Morgan fingerprint density at radius 3 is 1.11 bits per heavy atom. The SMILES string of the molecule is CCCCCCCCCCC/C=C\C/C=C\CCCCCCCCCC(O)CC(=O)NC(CO)C(O)/C=C/CC/C=C/CCCCCCCCCCCCCCCCCCCCC. The average molecular weight is 885 g/mol. The first-order chi connectivity index (χ1) is 31.0. The molecule has 3 unspecified atom stereocenters. The number of rotatable bonds is 51. The van der Waals surface area contributed by atoms with Crippen molar-refractivity contribution in [2.24, 2.45) is 0 Å². The third-order valence-corrected chi connectivity index (χ3v) is 12.8. The highest BCUT2D eigenvalue weighted by Crippen LogP contribution is 2.16. The van der Waals surface area contributed by atoms with Crippen molar-refractivity contribution in [3.63, 3.8) is 0 Å². The smallest absolute Gasteiger partial charge is 0.222 e. The van der Waals surface area contributed by atoms with E-state index in [2.05, 4.69) is 55.6 Å². The number of carbonyl (C=O) groups excluding carboxylic acids is 1. The number of hydrogen-bond donors (Lipinski definition) is 4. The van der Waals surface area contributed by atoms with Gasteiger partial charge >= 0.3 is 0 Å². The molecule has 0 aliphatic rings. The van der Waals surface area contributed by atoms with Crippen molar-refractivity contribution in [3.8, 4) is 0 Å². The molecule has 5 nitrogen and oxygen atoms in total. The third-order valence-electron chi connectivity index (χ3n) is 12.8. The maximum absolute atomic E-state index is 12.5. The Morgan fingerprint density at radius 2 is 0.730 bits per heavy atom. The first-order valence-corrected chi connectivity index (χ1v) is 27.9. The molecule has 63 heavy (non-hydrogen) atoms. The summed E-state index contributed by atoms with van der Waals surface area (Å²) >= 11 is 0. The molecule has 370 valence electrons. The predicted molar refractivity (Wildman–Crippen MR) is 277 cm³/mol. The fourth-order valence-electron chi connectivity index (χ4n) is 8.56. The molecule has 0 aromatic heterocycles. The number of aliphatic hydroxyl groups excluding tert-OH is 3. The molecule has 0 spiro atoms. The van der Waals surface area contributed by atoms with Crippen LogP contribution in [0.15, 0.2) is 48.6 Å². The quantitative estimate of drug-likeness (QED) is 0.0362. The van der Waals surface area contributed by atoms with Gasteiger partial charge in [-0.05, 0) is 64.2 Å². The van der Waals surface area contributed by atoms with Gasteiger partial charge in [-0.25, -0.2) is 0 Å². The summed E-state index contributed by atoms with van der Waals surface area (Å²) in [5.74, 6) is -0.328. The van der Waals surface area contributed by atoms with E-state index in [9.17, 15) is 20.1 Å². The van der Waals surface area contributed by atoms with Crippen molar-refractivity contribution < 1.29 is 20.1 Å². The lowest BCUT2D eigenvalue weighted by Gasteiger charge is -2.21. The van der Waals surface area contributed by atoms with Crippen LogP contribution in [-0.2, 0) is 4.79 Å². The topological polar surface area (TPSA) is 89.8 Å². The molecule has 5 heteroatoms. The molecule has 0 aromatic carbocycles. The minimum atomic E-state index is -0.957. The van der Waals surface area contributed by atoms with Crippen LogP contribution >= 0.6 is 0 Å². The van der Waals surface area contributed by atoms with Crippen molar-refractivity contribution in [2.75, 3.05) is 6.61 Å². The van der Waals surface area contributed by atoms with E-state index in [0.717, 1.165) is 38.5 Å². The Hall–Kier alpha value is -1.69. The van der Waals surface area contributed by atoms with Crippen molar-refractivity contribution in [1.82, 2.24) is 5.32 Å². The van der Waals surface area contributed by atoms with Gasteiger partial charge in [0.25, 0.3) is 0 Å². The highest BCUT2D eigenvalue weighted by molar-refractivity contribution is 5.76. The molecule has 0 heterocycles. The van der Waals surface area contributed by atoms with Crippen LogP contribution in [0.4, 0.5) is 0 Å². The van der Waals surface area contributed by atoms with Crippen LogP contribution in [-0.4, -0.2) is 46.1 Å². The summed E-state index contributed by atoms with van der Waals surface area (Å²) in [5.41, 5.74) is 0. The largest absolute Gasteiger partial charge is 0.394 e. The Kier molecular flexibility index (Phi) is 51.5. The van der Waals surface area contributed by atoms with Gasteiger partial charge in [0.1, 0.15) is 0 Å². The second kappa shape index (κ2) is 52.9. The predicted octanol–water partition coefficient (Wildman–Crippen LogP) is 17.2. The molecule has 0 aliphatic heterocycles. The van der Waals surface area contributed by atoms with Crippen molar-refractivity contribution in [2.45, 2.75) is 308 Å². The number of amides is 1. The summed E-state index contributed by atoms with van der Waals surface area (Å²) < 4.78 is 0. The minimum Gasteiger partial charge on any atom is -0.394 e. The van der Waals surface area contributed by atoms with Crippen LogP contribution in [0.3, 0.4) is 0 Å². The van der Waals surface area contributed by atoms with Crippen molar-refractivity contribution in [1.29, 1.82) is 0 Å². The monoisotopic (exact) mass is 884 g/mol. The number of unbranched alkanes of at least 4 members (excludes halogenated alkanes) is 36. The Balaban J connectivity index is 3.64. The van der Waals surface area contributed by atoms with Crippen LogP contribution in [0.25, 0.3) is 0 Å². The Morgan fingerprint density at radius 1 is 0.413 bits per heavy atom. The summed E-state index contributed by atoms with van der Waals surface area (Å²) in [4.78, 5) is 12.5.